The minimum Gasteiger partial charge on any atom is -0.261 e. The Labute approximate surface area is 85.8 Å². The Morgan fingerprint density at radius 3 is 2.93 bits per heavy atom. The summed E-state index contributed by atoms with van der Waals surface area (Å²) in [5.41, 5.74) is 1.71. The van der Waals surface area contributed by atoms with Crippen LogP contribution >= 0.6 is 11.6 Å². The Balaban J connectivity index is 2.19. The van der Waals surface area contributed by atoms with Crippen LogP contribution in [0.4, 0.5) is 0 Å². The molecule has 72 valence electrons. The average molecular weight is 210 g/mol. The predicted octanol–water partition coefficient (Wildman–Crippen LogP) is 0.855. The van der Waals surface area contributed by atoms with Gasteiger partial charge in [-0.3, -0.25) is 9.97 Å². The van der Waals surface area contributed by atoms with Crippen LogP contribution in [-0.4, -0.2) is 25.0 Å². The lowest BCUT2D eigenvalue weighted by molar-refractivity contribution is 0.618. The van der Waals surface area contributed by atoms with E-state index in [0.29, 0.717) is 12.4 Å². The van der Waals surface area contributed by atoms with Crippen molar-refractivity contribution in [2.45, 2.75) is 12.4 Å². The predicted molar refractivity (Wildman–Crippen MR) is 50.7 cm³/mol. The number of rotatable bonds is 3. The van der Waals surface area contributed by atoms with Crippen LogP contribution in [0.5, 0.6) is 0 Å². The van der Waals surface area contributed by atoms with Crippen LogP contribution < -0.4 is 0 Å². The van der Waals surface area contributed by atoms with Gasteiger partial charge in [0.25, 0.3) is 0 Å². The van der Waals surface area contributed by atoms with E-state index in [1.165, 1.54) is 0 Å². The van der Waals surface area contributed by atoms with Gasteiger partial charge in [-0.15, -0.1) is 16.7 Å². The SMILES string of the molecule is ClCc1cnnn1Cc1cnccn1. The molecule has 2 aromatic rings. The van der Waals surface area contributed by atoms with Gasteiger partial charge in [-0.25, -0.2) is 4.68 Å². The van der Waals surface area contributed by atoms with Crippen LogP contribution in [0.1, 0.15) is 11.4 Å². The fraction of sp³-hybridized carbons (Fsp3) is 0.250. The van der Waals surface area contributed by atoms with Crippen molar-refractivity contribution in [3.63, 3.8) is 0 Å². The molecule has 0 atom stereocenters. The second-order valence-electron chi connectivity index (χ2n) is 2.71. The largest absolute Gasteiger partial charge is 0.261 e. The number of halogens is 1. The van der Waals surface area contributed by atoms with Crippen LogP contribution in [0, 0.1) is 0 Å². The number of alkyl halides is 1. The second kappa shape index (κ2) is 4.15. The Bertz CT molecular complexity index is 399. The first-order chi connectivity index (χ1) is 6.90. The van der Waals surface area contributed by atoms with Crippen molar-refractivity contribution in [1.29, 1.82) is 0 Å². The molecule has 0 aliphatic rings. The minimum absolute atomic E-state index is 0.396. The summed E-state index contributed by atoms with van der Waals surface area (Å²) >= 11 is 5.70. The van der Waals surface area contributed by atoms with Gasteiger partial charge in [0.2, 0.25) is 0 Å². The normalized spacial score (nSPS) is 10.4. The van der Waals surface area contributed by atoms with E-state index >= 15 is 0 Å². The highest BCUT2D eigenvalue weighted by atomic mass is 35.5. The third-order valence-corrected chi connectivity index (χ3v) is 2.04. The molecule has 2 aromatic heterocycles. The summed E-state index contributed by atoms with van der Waals surface area (Å²) in [5.74, 6) is 0.396. The topological polar surface area (TPSA) is 56.5 Å². The van der Waals surface area contributed by atoms with E-state index < -0.39 is 0 Å². The van der Waals surface area contributed by atoms with E-state index in [-0.39, 0.29) is 0 Å². The molecule has 0 radical (unpaired) electrons. The molecular weight excluding hydrogens is 202 g/mol. The molecule has 5 nitrogen and oxygen atoms in total. The summed E-state index contributed by atoms with van der Waals surface area (Å²) < 4.78 is 1.71. The third kappa shape index (κ3) is 1.88. The van der Waals surface area contributed by atoms with Gasteiger partial charge in [0.1, 0.15) is 0 Å². The number of hydrogen-bond donors (Lipinski definition) is 0. The van der Waals surface area contributed by atoms with Crippen molar-refractivity contribution in [3.8, 4) is 0 Å². The highest BCUT2D eigenvalue weighted by Crippen LogP contribution is 2.03. The standard InChI is InChI=1S/C8H8ClN5/c9-3-8-5-12-13-14(8)6-7-4-10-1-2-11-7/h1-2,4-5H,3,6H2. The molecule has 6 heteroatoms. The Morgan fingerprint density at radius 1 is 1.29 bits per heavy atom. The molecule has 0 bridgehead atoms. The van der Waals surface area contributed by atoms with E-state index in [1.54, 1.807) is 29.5 Å². The first-order valence-corrected chi connectivity index (χ1v) is 4.62. The van der Waals surface area contributed by atoms with Crippen molar-refractivity contribution >= 4 is 11.6 Å². The fourth-order valence-electron chi connectivity index (χ4n) is 1.08. The molecule has 0 spiro atoms. The molecule has 0 aliphatic carbocycles. The smallest absolute Gasteiger partial charge is 0.0868 e. The highest BCUT2D eigenvalue weighted by molar-refractivity contribution is 6.16. The van der Waals surface area contributed by atoms with Gasteiger partial charge in [0, 0.05) is 12.4 Å². The molecule has 2 rings (SSSR count). The number of aromatic nitrogens is 5. The van der Waals surface area contributed by atoms with Crippen LogP contribution in [0.15, 0.2) is 24.8 Å². The lowest BCUT2D eigenvalue weighted by Gasteiger charge is -2.01. The zero-order valence-electron chi connectivity index (χ0n) is 7.34. The number of hydrogen-bond acceptors (Lipinski definition) is 4. The van der Waals surface area contributed by atoms with Gasteiger partial charge >= 0.3 is 0 Å². The van der Waals surface area contributed by atoms with Crippen molar-refractivity contribution in [2.75, 3.05) is 0 Å². The van der Waals surface area contributed by atoms with Gasteiger partial charge in [0.15, 0.2) is 0 Å². The maximum Gasteiger partial charge on any atom is 0.0868 e. The fourth-order valence-corrected chi connectivity index (χ4v) is 1.29. The Kier molecular flexibility index (Phi) is 2.69. The molecule has 0 fully saturated rings. The zero-order valence-corrected chi connectivity index (χ0v) is 8.09. The van der Waals surface area contributed by atoms with Crippen LogP contribution in [0.25, 0.3) is 0 Å². The van der Waals surface area contributed by atoms with E-state index in [2.05, 4.69) is 20.3 Å². The van der Waals surface area contributed by atoms with Gasteiger partial charge < -0.3 is 0 Å². The molecular formula is C8H8ClN5. The van der Waals surface area contributed by atoms with Crippen LogP contribution in [0.2, 0.25) is 0 Å². The van der Waals surface area contributed by atoms with Crippen molar-refractivity contribution in [1.82, 2.24) is 25.0 Å². The summed E-state index contributed by atoms with van der Waals surface area (Å²) in [6, 6.07) is 0. The quantitative estimate of drug-likeness (QED) is 0.704. The van der Waals surface area contributed by atoms with E-state index in [1.807, 2.05) is 0 Å². The van der Waals surface area contributed by atoms with E-state index in [0.717, 1.165) is 11.4 Å². The second-order valence-corrected chi connectivity index (χ2v) is 2.98. The molecule has 0 aliphatic heterocycles. The average Bonchev–Trinajstić information content (AvgIpc) is 2.67. The number of nitrogens with zero attached hydrogens (tertiary/aromatic N) is 5. The summed E-state index contributed by atoms with van der Waals surface area (Å²) in [7, 11) is 0. The van der Waals surface area contributed by atoms with Gasteiger partial charge in [0.05, 0.1) is 36.2 Å². The van der Waals surface area contributed by atoms with Crippen molar-refractivity contribution in [3.05, 3.63) is 36.2 Å². The Morgan fingerprint density at radius 2 is 2.21 bits per heavy atom. The summed E-state index contributed by atoms with van der Waals surface area (Å²) in [5, 5.41) is 7.67. The summed E-state index contributed by atoms with van der Waals surface area (Å²) in [4.78, 5) is 8.10. The molecule has 0 N–H and O–H groups in total. The van der Waals surface area contributed by atoms with E-state index in [4.69, 9.17) is 11.6 Å². The maximum atomic E-state index is 5.70. The molecule has 0 saturated carbocycles. The van der Waals surface area contributed by atoms with E-state index in [9.17, 15) is 0 Å². The lowest BCUT2D eigenvalue weighted by atomic mass is 10.4. The Hall–Kier alpha value is -1.49. The molecule has 0 saturated heterocycles. The van der Waals surface area contributed by atoms with Crippen molar-refractivity contribution in [2.24, 2.45) is 0 Å². The first-order valence-electron chi connectivity index (χ1n) is 4.08. The monoisotopic (exact) mass is 209 g/mol. The molecule has 0 amide bonds. The lowest BCUT2D eigenvalue weighted by Crippen LogP contribution is -2.06. The summed E-state index contributed by atoms with van der Waals surface area (Å²) in [6.07, 6.45) is 6.61. The van der Waals surface area contributed by atoms with Crippen LogP contribution in [0.3, 0.4) is 0 Å². The van der Waals surface area contributed by atoms with Gasteiger partial charge in [-0.1, -0.05) is 5.21 Å². The van der Waals surface area contributed by atoms with Gasteiger partial charge in [-0.05, 0) is 0 Å². The van der Waals surface area contributed by atoms with Crippen LogP contribution in [-0.2, 0) is 12.4 Å². The zero-order chi connectivity index (χ0) is 9.80. The van der Waals surface area contributed by atoms with Crippen molar-refractivity contribution < 1.29 is 0 Å². The maximum absolute atomic E-state index is 5.70. The minimum atomic E-state index is 0.396. The third-order valence-electron chi connectivity index (χ3n) is 1.76. The summed E-state index contributed by atoms with van der Waals surface area (Å²) in [6.45, 7) is 0.551. The molecule has 2 heterocycles. The van der Waals surface area contributed by atoms with Gasteiger partial charge in [-0.2, -0.15) is 0 Å². The molecule has 0 aromatic carbocycles. The first kappa shape index (κ1) is 9.08. The molecule has 0 unspecified atom stereocenters. The highest BCUT2D eigenvalue weighted by Gasteiger charge is 2.03. The molecule has 14 heavy (non-hydrogen) atoms.